The van der Waals surface area contributed by atoms with Gasteiger partial charge in [-0.3, -0.25) is 9.52 Å². The number of thioether (sulfide) groups is 1. The topological polar surface area (TPSA) is 93.7 Å². The van der Waals surface area contributed by atoms with E-state index in [9.17, 15) is 13.2 Å². The van der Waals surface area contributed by atoms with Crippen LogP contribution in [-0.2, 0) is 14.8 Å². The highest BCUT2D eigenvalue weighted by Gasteiger charge is 2.18. The molecule has 0 heterocycles. The molecule has 3 rings (SSSR count). The Balaban J connectivity index is 1.63. The minimum absolute atomic E-state index is 0.0937. The summed E-state index contributed by atoms with van der Waals surface area (Å²) in [5, 5.41) is 2.41. The Morgan fingerprint density at radius 1 is 0.909 bits per heavy atom. The standard InChI is InChI=1S/C23H23BrN2O5S2/c1-15(32-19-10-13-21(30-2)22(14-19)31-3)23(27)25-17-8-11-20(12-9-17)33(28,29)26-18-6-4-16(24)5-7-18/h4-15,26H,1-3H3,(H,25,27)/t15-/m1/s1. The maximum absolute atomic E-state index is 12.6. The number of nitrogens with one attached hydrogen (secondary N) is 2. The number of amides is 1. The molecule has 3 aromatic carbocycles. The highest BCUT2D eigenvalue weighted by Crippen LogP contribution is 2.33. The number of methoxy groups -OCH3 is 2. The van der Waals surface area contributed by atoms with Crippen LogP contribution in [0.15, 0.2) is 81.0 Å². The normalized spacial score (nSPS) is 12.0. The Morgan fingerprint density at radius 2 is 1.52 bits per heavy atom. The molecule has 0 aliphatic heterocycles. The second kappa shape index (κ2) is 11.0. The molecule has 0 saturated carbocycles. The first-order chi connectivity index (χ1) is 15.7. The number of anilines is 2. The van der Waals surface area contributed by atoms with Gasteiger partial charge in [-0.2, -0.15) is 0 Å². The molecule has 10 heteroatoms. The van der Waals surface area contributed by atoms with E-state index in [1.54, 1.807) is 63.6 Å². The molecule has 7 nitrogen and oxygen atoms in total. The fourth-order valence-corrected chi connectivity index (χ4v) is 5.06. The number of carbonyl (C=O) groups is 1. The van der Waals surface area contributed by atoms with E-state index in [1.165, 1.54) is 23.9 Å². The lowest BCUT2D eigenvalue weighted by Crippen LogP contribution is -2.22. The van der Waals surface area contributed by atoms with Crippen molar-refractivity contribution in [3.8, 4) is 11.5 Å². The van der Waals surface area contributed by atoms with Crippen LogP contribution in [0, 0.1) is 0 Å². The predicted octanol–water partition coefficient (Wildman–Crippen LogP) is 5.39. The van der Waals surface area contributed by atoms with Crippen molar-refractivity contribution < 1.29 is 22.7 Å². The number of rotatable bonds is 9. The molecule has 3 aromatic rings. The quantitative estimate of drug-likeness (QED) is 0.347. The molecule has 0 aliphatic rings. The van der Waals surface area contributed by atoms with Gasteiger partial charge in [-0.15, -0.1) is 11.8 Å². The summed E-state index contributed by atoms with van der Waals surface area (Å²) in [7, 11) is -0.625. The first-order valence-corrected chi connectivity index (χ1v) is 13.0. The van der Waals surface area contributed by atoms with Crippen molar-refractivity contribution in [3.63, 3.8) is 0 Å². The number of carbonyl (C=O) groups excluding carboxylic acids is 1. The summed E-state index contributed by atoms with van der Waals surface area (Å²) in [6.45, 7) is 1.79. The van der Waals surface area contributed by atoms with E-state index in [0.717, 1.165) is 9.37 Å². The van der Waals surface area contributed by atoms with Crippen molar-refractivity contribution in [3.05, 3.63) is 71.2 Å². The van der Waals surface area contributed by atoms with Crippen molar-refractivity contribution in [1.82, 2.24) is 0 Å². The van der Waals surface area contributed by atoms with Gasteiger partial charge in [0.05, 0.1) is 24.4 Å². The van der Waals surface area contributed by atoms with Crippen LogP contribution < -0.4 is 19.5 Å². The lowest BCUT2D eigenvalue weighted by Gasteiger charge is -2.14. The number of hydrogen-bond acceptors (Lipinski definition) is 6. The average Bonchev–Trinajstić information content (AvgIpc) is 2.80. The molecule has 0 radical (unpaired) electrons. The summed E-state index contributed by atoms with van der Waals surface area (Å²) >= 11 is 4.69. The Hall–Kier alpha value is -2.69. The van der Waals surface area contributed by atoms with Crippen molar-refractivity contribution in [2.45, 2.75) is 22.0 Å². The molecule has 0 bridgehead atoms. The highest BCUT2D eigenvalue weighted by atomic mass is 79.9. The fourth-order valence-electron chi connectivity index (χ4n) is 2.84. The van der Waals surface area contributed by atoms with Gasteiger partial charge >= 0.3 is 0 Å². The molecule has 0 saturated heterocycles. The molecule has 0 spiro atoms. The third kappa shape index (κ3) is 6.66. The number of benzene rings is 3. The maximum atomic E-state index is 12.6. The van der Waals surface area contributed by atoms with E-state index in [4.69, 9.17) is 9.47 Å². The van der Waals surface area contributed by atoms with Gasteiger partial charge < -0.3 is 14.8 Å². The molecular weight excluding hydrogens is 528 g/mol. The molecular formula is C23H23BrN2O5S2. The summed E-state index contributed by atoms with van der Waals surface area (Å²) in [4.78, 5) is 13.6. The van der Waals surface area contributed by atoms with Crippen molar-refractivity contribution in [2.24, 2.45) is 0 Å². The first-order valence-electron chi connectivity index (χ1n) is 9.80. The van der Waals surface area contributed by atoms with Crippen molar-refractivity contribution in [2.75, 3.05) is 24.3 Å². The van der Waals surface area contributed by atoms with Crippen molar-refractivity contribution >= 4 is 55.0 Å². The van der Waals surface area contributed by atoms with Crippen LogP contribution in [0.2, 0.25) is 0 Å². The zero-order valence-corrected chi connectivity index (χ0v) is 21.4. The number of sulfonamides is 1. The van der Waals surface area contributed by atoms with E-state index < -0.39 is 15.3 Å². The monoisotopic (exact) mass is 550 g/mol. The third-order valence-corrected chi connectivity index (χ3v) is 7.59. The Kier molecular flexibility index (Phi) is 8.28. The smallest absolute Gasteiger partial charge is 0.261 e. The van der Waals surface area contributed by atoms with E-state index in [1.807, 2.05) is 12.1 Å². The van der Waals surface area contributed by atoms with Crippen LogP contribution in [-0.4, -0.2) is 33.8 Å². The van der Waals surface area contributed by atoms with Gasteiger partial charge in [0.1, 0.15) is 0 Å². The zero-order valence-electron chi connectivity index (χ0n) is 18.2. The Morgan fingerprint density at radius 3 is 2.12 bits per heavy atom. The van der Waals surface area contributed by atoms with Crippen LogP contribution in [0.3, 0.4) is 0 Å². The fraction of sp³-hybridized carbons (Fsp3) is 0.174. The minimum Gasteiger partial charge on any atom is -0.493 e. The van der Waals surface area contributed by atoms with E-state index >= 15 is 0 Å². The summed E-state index contributed by atoms with van der Waals surface area (Å²) in [5.41, 5.74) is 0.957. The predicted molar refractivity (Wildman–Crippen MR) is 135 cm³/mol. The molecule has 0 fully saturated rings. The molecule has 0 aromatic heterocycles. The van der Waals surface area contributed by atoms with Crippen LogP contribution in [0.1, 0.15) is 6.92 Å². The van der Waals surface area contributed by atoms with Gasteiger partial charge in [0.15, 0.2) is 11.5 Å². The van der Waals surface area contributed by atoms with Crippen LogP contribution in [0.4, 0.5) is 11.4 Å². The molecule has 2 N–H and O–H groups in total. The Labute approximate surface area is 206 Å². The lowest BCUT2D eigenvalue weighted by molar-refractivity contribution is -0.115. The lowest BCUT2D eigenvalue weighted by atomic mass is 10.3. The Bertz CT molecular complexity index is 1220. The number of hydrogen-bond donors (Lipinski definition) is 2. The summed E-state index contributed by atoms with van der Waals surface area (Å²) in [6, 6.07) is 18.3. The van der Waals surface area contributed by atoms with E-state index in [-0.39, 0.29) is 10.8 Å². The highest BCUT2D eigenvalue weighted by molar-refractivity contribution is 9.10. The van der Waals surface area contributed by atoms with Gasteiger partial charge in [-0.25, -0.2) is 8.42 Å². The molecule has 1 amide bonds. The van der Waals surface area contributed by atoms with Gasteiger partial charge in [0.25, 0.3) is 10.0 Å². The zero-order chi connectivity index (χ0) is 24.0. The SMILES string of the molecule is COc1ccc(S[C@H](C)C(=O)Nc2ccc(S(=O)(=O)Nc3ccc(Br)cc3)cc2)cc1OC. The van der Waals surface area contributed by atoms with Crippen molar-refractivity contribution in [1.29, 1.82) is 0 Å². The minimum atomic E-state index is -3.75. The molecule has 174 valence electrons. The average molecular weight is 551 g/mol. The number of halogens is 1. The van der Waals surface area contributed by atoms with Crippen LogP contribution >= 0.6 is 27.7 Å². The number of ether oxygens (including phenoxy) is 2. The second-order valence-electron chi connectivity index (χ2n) is 6.90. The largest absolute Gasteiger partial charge is 0.493 e. The third-order valence-electron chi connectivity index (χ3n) is 4.57. The van der Waals surface area contributed by atoms with Gasteiger partial charge in [-0.1, -0.05) is 15.9 Å². The maximum Gasteiger partial charge on any atom is 0.261 e. The molecule has 1 atom stereocenters. The molecule has 33 heavy (non-hydrogen) atoms. The van der Waals surface area contributed by atoms with Gasteiger partial charge in [0.2, 0.25) is 5.91 Å². The second-order valence-corrected chi connectivity index (χ2v) is 10.9. The summed E-state index contributed by atoms with van der Waals surface area (Å²) in [5.74, 6) is 0.991. The van der Waals surface area contributed by atoms with Gasteiger partial charge in [0, 0.05) is 20.7 Å². The van der Waals surface area contributed by atoms with E-state index in [0.29, 0.717) is 22.9 Å². The molecule has 0 aliphatic carbocycles. The summed E-state index contributed by atoms with van der Waals surface area (Å²) < 4.78 is 39.1. The van der Waals surface area contributed by atoms with Gasteiger partial charge in [-0.05, 0) is 73.7 Å². The van der Waals surface area contributed by atoms with Crippen LogP contribution in [0.25, 0.3) is 0 Å². The first kappa shape index (κ1) is 24.9. The van der Waals surface area contributed by atoms with E-state index in [2.05, 4.69) is 26.0 Å². The summed E-state index contributed by atoms with van der Waals surface area (Å²) in [6.07, 6.45) is 0. The molecule has 0 unspecified atom stereocenters. The van der Waals surface area contributed by atoms with Crippen LogP contribution in [0.5, 0.6) is 11.5 Å².